The lowest BCUT2D eigenvalue weighted by Gasteiger charge is -2.17. The lowest BCUT2D eigenvalue weighted by atomic mass is 10.1. The molecule has 0 N–H and O–H groups in total. The van der Waals surface area contributed by atoms with E-state index in [2.05, 4.69) is 10.2 Å². The largest absolute Gasteiger partial charge is 0.496 e. The maximum absolute atomic E-state index is 12.9. The van der Waals surface area contributed by atoms with Crippen molar-refractivity contribution in [2.45, 2.75) is 6.92 Å². The van der Waals surface area contributed by atoms with Crippen LogP contribution in [0.4, 0.5) is 17.1 Å². The molecule has 4 aromatic carbocycles. The van der Waals surface area contributed by atoms with Gasteiger partial charge in [-0.25, -0.2) is 14.8 Å². The lowest BCUT2D eigenvalue weighted by molar-refractivity contribution is 0.418. The summed E-state index contributed by atoms with van der Waals surface area (Å²) in [7, 11) is 1.57. The summed E-state index contributed by atoms with van der Waals surface area (Å²) in [6.45, 7) is 1.72. The first-order valence-corrected chi connectivity index (χ1v) is 14.0. The van der Waals surface area contributed by atoms with Crippen molar-refractivity contribution in [2.75, 3.05) is 12.0 Å². The Morgan fingerprint density at radius 1 is 0.810 bits per heavy atom. The molecule has 206 valence electrons. The van der Waals surface area contributed by atoms with Gasteiger partial charge in [-0.2, -0.15) is 5.10 Å². The van der Waals surface area contributed by atoms with E-state index in [0.717, 1.165) is 17.1 Å². The van der Waals surface area contributed by atoms with Crippen LogP contribution in [-0.2, 0) is 0 Å². The molecule has 2 heterocycles. The molecule has 1 fully saturated rings. The van der Waals surface area contributed by atoms with Crippen LogP contribution in [0.25, 0.3) is 11.0 Å². The number of anilines is 1. The van der Waals surface area contributed by atoms with Crippen molar-refractivity contribution in [2.24, 2.45) is 20.2 Å². The molecule has 0 aliphatic carbocycles. The fourth-order valence-corrected chi connectivity index (χ4v) is 5.29. The topological polar surface area (TPSA) is 92.1 Å². The summed E-state index contributed by atoms with van der Waals surface area (Å²) < 4.78 is 11.0. The van der Waals surface area contributed by atoms with Gasteiger partial charge in [-0.3, -0.25) is 4.90 Å². The zero-order valence-corrected chi connectivity index (χ0v) is 23.7. The van der Waals surface area contributed by atoms with E-state index in [1.807, 2.05) is 102 Å². The third kappa shape index (κ3) is 5.63. The van der Waals surface area contributed by atoms with Crippen LogP contribution >= 0.6 is 11.8 Å². The number of aliphatic imine (C=N–C) groups is 2. The van der Waals surface area contributed by atoms with E-state index >= 15 is 0 Å². The molecule has 5 aromatic rings. The van der Waals surface area contributed by atoms with E-state index in [4.69, 9.17) is 19.1 Å². The standard InChI is InChI=1S/C33H25N5O3S/c1-22(26-21-27-28(40-2)19-12-20-29(27)41-32(26)39)36-37-33-38(25-17-10-5-11-18-25)30(34-23-13-6-3-7-14-23)31(42-33)35-24-15-8-4-9-16-24/h3-21H,1-2H3/b34-30?,35-31?,36-22+,37-33-. The minimum Gasteiger partial charge on any atom is -0.496 e. The predicted molar refractivity (Wildman–Crippen MR) is 172 cm³/mol. The van der Waals surface area contributed by atoms with Crippen LogP contribution in [0, 0.1) is 0 Å². The molecule has 9 heteroatoms. The van der Waals surface area contributed by atoms with Gasteiger partial charge in [0.1, 0.15) is 16.4 Å². The molecule has 0 atom stereocenters. The maximum atomic E-state index is 12.9. The molecule has 0 radical (unpaired) electrons. The van der Waals surface area contributed by atoms with Gasteiger partial charge in [-0.1, -0.05) is 60.7 Å². The normalized spacial score (nSPS) is 16.6. The first-order chi connectivity index (χ1) is 20.6. The Balaban J connectivity index is 1.49. The second kappa shape index (κ2) is 12.1. The van der Waals surface area contributed by atoms with Gasteiger partial charge in [0, 0.05) is 5.69 Å². The zero-order valence-electron chi connectivity index (χ0n) is 22.8. The Morgan fingerprint density at radius 3 is 2.12 bits per heavy atom. The molecule has 0 bridgehead atoms. The van der Waals surface area contributed by atoms with Crippen LogP contribution in [0.1, 0.15) is 12.5 Å². The number of benzene rings is 4. The van der Waals surface area contributed by atoms with E-state index in [-0.39, 0.29) is 0 Å². The van der Waals surface area contributed by atoms with E-state index in [9.17, 15) is 4.79 Å². The van der Waals surface area contributed by atoms with Gasteiger partial charge in [-0.15, -0.1) is 5.10 Å². The molecular formula is C33H25N5O3S. The third-order valence-electron chi connectivity index (χ3n) is 6.41. The minimum atomic E-state index is -0.506. The van der Waals surface area contributed by atoms with Gasteiger partial charge >= 0.3 is 5.63 Å². The third-order valence-corrected chi connectivity index (χ3v) is 7.32. The summed E-state index contributed by atoms with van der Waals surface area (Å²) in [5.74, 6) is 1.21. The number of ether oxygens (including phenoxy) is 1. The van der Waals surface area contributed by atoms with Crippen LogP contribution in [0.3, 0.4) is 0 Å². The van der Waals surface area contributed by atoms with Crippen molar-refractivity contribution in [3.63, 3.8) is 0 Å². The highest BCUT2D eigenvalue weighted by molar-refractivity contribution is 8.29. The first kappa shape index (κ1) is 26.9. The summed E-state index contributed by atoms with van der Waals surface area (Å²) in [4.78, 5) is 24.7. The molecule has 0 spiro atoms. The van der Waals surface area contributed by atoms with Crippen LogP contribution < -0.4 is 15.3 Å². The zero-order chi connectivity index (χ0) is 28.9. The Morgan fingerprint density at radius 2 is 1.45 bits per heavy atom. The Kier molecular flexibility index (Phi) is 7.74. The highest BCUT2D eigenvalue weighted by atomic mass is 32.2. The molecule has 8 nitrogen and oxygen atoms in total. The molecule has 0 amide bonds. The summed E-state index contributed by atoms with van der Waals surface area (Å²) in [5.41, 5.74) is 3.03. The Hall–Kier alpha value is -5.28. The molecule has 1 aromatic heterocycles. The molecule has 6 rings (SSSR count). The predicted octanol–water partition coefficient (Wildman–Crippen LogP) is 7.60. The second-order valence-electron chi connectivity index (χ2n) is 9.18. The van der Waals surface area contributed by atoms with E-state index in [1.54, 1.807) is 32.2 Å². The van der Waals surface area contributed by atoms with E-state index < -0.39 is 5.63 Å². The molecular weight excluding hydrogens is 546 g/mol. The number of rotatable bonds is 6. The lowest BCUT2D eigenvalue weighted by Crippen LogP contribution is -2.30. The number of amidine groups is 2. The van der Waals surface area contributed by atoms with E-state index in [1.165, 1.54) is 11.8 Å². The molecule has 1 saturated heterocycles. The smallest absolute Gasteiger partial charge is 0.345 e. The highest BCUT2D eigenvalue weighted by Crippen LogP contribution is 2.33. The summed E-state index contributed by atoms with van der Waals surface area (Å²) >= 11 is 1.35. The van der Waals surface area contributed by atoms with E-state index in [0.29, 0.717) is 44.0 Å². The van der Waals surface area contributed by atoms with Crippen molar-refractivity contribution in [1.29, 1.82) is 0 Å². The average Bonchev–Trinajstić information content (AvgIpc) is 3.36. The quantitative estimate of drug-likeness (QED) is 0.119. The molecule has 42 heavy (non-hydrogen) atoms. The van der Waals surface area contributed by atoms with Gasteiger partial charge in [0.2, 0.25) is 5.17 Å². The van der Waals surface area contributed by atoms with Crippen LogP contribution in [0.2, 0.25) is 0 Å². The minimum absolute atomic E-state index is 0.293. The van der Waals surface area contributed by atoms with Crippen molar-refractivity contribution < 1.29 is 9.15 Å². The van der Waals surface area contributed by atoms with Gasteiger partial charge in [0.05, 0.1) is 35.1 Å². The van der Waals surface area contributed by atoms with Crippen molar-refractivity contribution in [1.82, 2.24) is 0 Å². The molecule has 1 aliphatic heterocycles. The number of hydrogen-bond acceptors (Lipinski definition) is 8. The number of methoxy groups -OCH3 is 1. The van der Waals surface area contributed by atoms with Gasteiger partial charge in [-0.05, 0) is 73.3 Å². The van der Waals surface area contributed by atoms with Crippen LogP contribution in [-0.4, -0.2) is 28.9 Å². The fourth-order valence-electron chi connectivity index (χ4n) is 4.37. The number of hydrogen-bond donors (Lipinski definition) is 0. The first-order valence-electron chi connectivity index (χ1n) is 13.1. The Labute approximate surface area is 246 Å². The molecule has 0 saturated carbocycles. The highest BCUT2D eigenvalue weighted by Gasteiger charge is 2.35. The SMILES string of the molecule is COc1cccc2oc(=O)c(/C(C)=N/N=C3\SC(=Nc4ccccc4)C(=Nc4ccccc4)N3c3ccccc3)cc12. The summed E-state index contributed by atoms with van der Waals surface area (Å²) in [6, 6.07) is 36.2. The number of nitrogens with zero attached hydrogens (tertiary/aromatic N) is 5. The molecule has 1 aliphatic rings. The number of thioether (sulfide) groups is 1. The summed E-state index contributed by atoms with van der Waals surface area (Å²) in [6.07, 6.45) is 0. The van der Waals surface area contributed by atoms with Gasteiger partial charge < -0.3 is 9.15 Å². The van der Waals surface area contributed by atoms with Crippen LogP contribution in [0.5, 0.6) is 5.75 Å². The Bertz CT molecular complexity index is 1920. The van der Waals surface area contributed by atoms with Crippen molar-refractivity contribution >= 4 is 61.6 Å². The fraction of sp³-hybridized carbons (Fsp3) is 0.0606. The van der Waals surface area contributed by atoms with Crippen molar-refractivity contribution in [3.05, 3.63) is 131 Å². The summed E-state index contributed by atoms with van der Waals surface area (Å²) in [5, 5.41) is 11.0. The second-order valence-corrected chi connectivity index (χ2v) is 10.1. The number of para-hydroxylation sites is 3. The molecule has 0 unspecified atom stereocenters. The van der Waals surface area contributed by atoms with Gasteiger partial charge in [0.15, 0.2) is 5.84 Å². The monoisotopic (exact) mass is 571 g/mol. The maximum Gasteiger partial charge on any atom is 0.345 e. The van der Waals surface area contributed by atoms with Crippen molar-refractivity contribution in [3.8, 4) is 5.75 Å². The average molecular weight is 572 g/mol. The number of fused-ring (bicyclic) bond motifs is 1. The van der Waals surface area contributed by atoms with Crippen LogP contribution in [0.15, 0.2) is 145 Å². The van der Waals surface area contributed by atoms with Gasteiger partial charge in [0.25, 0.3) is 0 Å².